The van der Waals surface area contributed by atoms with E-state index in [1.54, 1.807) is 4.90 Å². The van der Waals surface area contributed by atoms with Crippen LogP contribution in [-0.4, -0.2) is 35.4 Å². The number of pyridine rings is 1. The number of nitrogens with one attached hydrogen (secondary N) is 1. The van der Waals surface area contributed by atoms with Crippen LogP contribution in [-0.2, 0) is 11.0 Å². The number of amides is 1. The second-order valence-corrected chi connectivity index (χ2v) is 5.76. The van der Waals surface area contributed by atoms with Gasteiger partial charge in [-0.1, -0.05) is 0 Å². The molecule has 0 saturated carbocycles. The molecule has 8 heteroatoms. The normalized spacial score (nSPS) is 15.9. The van der Waals surface area contributed by atoms with Crippen molar-refractivity contribution in [2.24, 2.45) is 0 Å². The van der Waals surface area contributed by atoms with Crippen molar-refractivity contribution in [2.75, 3.05) is 25.0 Å². The van der Waals surface area contributed by atoms with Crippen molar-refractivity contribution in [1.82, 2.24) is 9.88 Å². The fourth-order valence-electron chi connectivity index (χ4n) is 2.21. The average molecular weight is 366 g/mol. The van der Waals surface area contributed by atoms with Crippen molar-refractivity contribution in [3.63, 3.8) is 0 Å². The predicted octanol–water partition coefficient (Wildman–Crippen LogP) is 3.29. The van der Waals surface area contributed by atoms with E-state index < -0.39 is 11.7 Å². The number of nitrogens with zero attached hydrogens (tertiary/aromatic N) is 2. The Bertz CT molecular complexity index is 516. The van der Waals surface area contributed by atoms with Gasteiger partial charge in [-0.25, -0.2) is 4.98 Å². The van der Waals surface area contributed by atoms with Crippen molar-refractivity contribution >= 4 is 27.7 Å². The number of rotatable bonds is 3. The van der Waals surface area contributed by atoms with Crippen LogP contribution in [0.1, 0.15) is 24.8 Å². The first-order chi connectivity index (χ1) is 9.88. The van der Waals surface area contributed by atoms with Gasteiger partial charge < -0.3 is 10.2 Å². The lowest BCUT2D eigenvalue weighted by molar-refractivity contribution is -0.137. The van der Waals surface area contributed by atoms with Gasteiger partial charge in [-0.2, -0.15) is 13.2 Å². The van der Waals surface area contributed by atoms with Crippen molar-refractivity contribution < 1.29 is 18.0 Å². The minimum Gasteiger partial charge on any atom is -0.360 e. The molecule has 0 bridgehead atoms. The molecule has 1 aliphatic rings. The maximum absolute atomic E-state index is 12.9. The van der Waals surface area contributed by atoms with Gasteiger partial charge in [-0.15, -0.1) is 0 Å². The SMILES string of the molecule is O=C(CNc1ncc(Br)cc1C(F)(F)F)N1CCCCC1. The second kappa shape index (κ2) is 6.64. The van der Waals surface area contributed by atoms with E-state index >= 15 is 0 Å². The molecule has 21 heavy (non-hydrogen) atoms. The molecule has 0 atom stereocenters. The zero-order valence-corrected chi connectivity index (χ0v) is 12.8. The molecule has 1 saturated heterocycles. The molecule has 4 nitrogen and oxygen atoms in total. The summed E-state index contributed by atoms with van der Waals surface area (Å²) < 4.78 is 39.0. The molecule has 0 aromatic carbocycles. The van der Waals surface area contributed by atoms with Crippen LogP contribution in [0.25, 0.3) is 0 Å². The zero-order chi connectivity index (χ0) is 15.5. The summed E-state index contributed by atoms with van der Waals surface area (Å²) in [5, 5.41) is 2.50. The smallest absolute Gasteiger partial charge is 0.360 e. The number of carbonyl (C=O) groups is 1. The molecular formula is C13H15BrF3N3O. The molecular weight excluding hydrogens is 351 g/mol. The minimum atomic E-state index is -4.52. The van der Waals surface area contributed by atoms with Gasteiger partial charge in [0.1, 0.15) is 5.82 Å². The van der Waals surface area contributed by atoms with E-state index in [0.29, 0.717) is 13.1 Å². The third-order valence-corrected chi connectivity index (χ3v) is 3.71. The van der Waals surface area contributed by atoms with E-state index in [9.17, 15) is 18.0 Å². The molecule has 0 spiro atoms. The molecule has 1 fully saturated rings. The molecule has 2 heterocycles. The second-order valence-electron chi connectivity index (χ2n) is 4.84. The van der Waals surface area contributed by atoms with E-state index in [0.717, 1.165) is 25.3 Å². The highest BCUT2D eigenvalue weighted by molar-refractivity contribution is 9.10. The number of alkyl halides is 3. The number of piperidine rings is 1. The number of carbonyl (C=O) groups excluding carboxylic acids is 1. The first kappa shape index (κ1) is 16.1. The standard InChI is InChI=1S/C13H15BrF3N3O/c14-9-6-10(13(15,16)17)12(18-7-9)19-8-11(21)20-4-2-1-3-5-20/h6-7H,1-5,8H2,(H,18,19). The molecule has 2 rings (SSSR count). The summed E-state index contributed by atoms with van der Waals surface area (Å²) in [6.07, 6.45) is -0.286. The number of likely N-dealkylation sites (tertiary alicyclic amines) is 1. The van der Waals surface area contributed by atoms with Gasteiger partial charge in [0.15, 0.2) is 0 Å². The van der Waals surface area contributed by atoms with Crippen molar-refractivity contribution in [3.05, 3.63) is 22.3 Å². The summed E-state index contributed by atoms with van der Waals surface area (Å²) in [6, 6.07) is 0.945. The fraction of sp³-hybridized carbons (Fsp3) is 0.538. The Morgan fingerprint density at radius 2 is 2.00 bits per heavy atom. The van der Waals surface area contributed by atoms with E-state index in [-0.39, 0.29) is 22.7 Å². The van der Waals surface area contributed by atoms with E-state index in [2.05, 4.69) is 26.2 Å². The van der Waals surface area contributed by atoms with Gasteiger partial charge in [0.05, 0.1) is 12.1 Å². The number of halogens is 4. The summed E-state index contributed by atoms with van der Waals surface area (Å²) >= 11 is 2.97. The Labute approximate surface area is 128 Å². The summed E-state index contributed by atoms with van der Waals surface area (Å²) in [7, 11) is 0. The third kappa shape index (κ3) is 4.33. The summed E-state index contributed by atoms with van der Waals surface area (Å²) in [4.78, 5) is 17.3. The van der Waals surface area contributed by atoms with Crippen LogP contribution in [0.4, 0.5) is 19.0 Å². The number of hydrogen-bond donors (Lipinski definition) is 1. The highest BCUT2D eigenvalue weighted by atomic mass is 79.9. The maximum Gasteiger partial charge on any atom is 0.419 e. The molecule has 0 unspecified atom stereocenters. The maximum atomic E-state index is 12.9. The van der Waals surface area contributed by atoms with E-state index in [1.807, 2.05) is 0 Å². The fourth-order valence-corrected chi connectivity index (χ4v) is 2.54. The van der Waals surface area contributed by atoms with Crippen LogP contribution in [0.5, 0.6) is 0 Å². The lowest BCUT2D eigenvalue weighted by Crippen LogP contribution is -2.39. The Kier molecular flexibility index (Phi) is 5.08. The highest BCUT2D eigenvalue weighted by Gasteiger charge is 2.34. The minimum absolute atomic E-state index is 0.183. The van der Waals surface area contributed by atoms with Gasteiger partial charge in [-0.3, -0.25) is 4.79 Å². The topological polar surface area (TPSA) is 45.2 Å². The molecule has 1 aliphatic heterocycles. The Morgan fingerprint density at radius 3 is 2.62 bits per heavy atom. The monoisotopic (exact) mass is 365 g/mol. The molecule has 1 aromatic rings. The number of hydrogen-bond acceptors (Lipinski definition) is 3. The van der Waals surface area contributed by atoms with Crippen LogP contribution in [0, 0.1) is 0 Å². The summed E-state index contributed by atoms with van der Waals surface area (Å²) in [5.74, 6) is -0.524. The van der Waals surface area contributed by atoms with Crippen LogP contribution in [0.15, 0.2) is 16.7 Å². The molecule has 1 aromatic heterocycles. The predicted molar refractivity (Wildman–Crippen MR) is 75.9 cm³/mol. The number of aromatic nitrogens is 1. The van der Waals surface area contributed by atoms with Crippen molar-refractivity contribution in [3.8, 4) is 0 Å². The van der Waals surface area contributed by atoms with Crippen molar-refractivity contribution in [2.45, 2.75) is 25.4 Å². The number of anilines is 1. The quantitative estimate of drug-likeness (QED) is 0.893. The Balaban J connectivity index is 2.04. The molecule has 1 amide bonds. The zero-order valence-electron chi connectivity index (χ0n) is 11.2. The summed E-state index contributed by atoms with van der Waals surface area (Å²) in [5.41, 5.74) is -0.886. The summed E-state index contributed by atoms with van der Waals surface area (Å²) in [6.45, 7) is 1.15. The lowest BCUT2D eigenvalue weighted by Gasteiger charge is -2.27. The van der Waals surface area contributed by atoms with Crippen LogP contribution >= 0.6 is 15.9 Å². The Morgan fingerprint density at radius 1 is 1.33 bits per heavy atom. The van der Waals surface area contributed by atoms with Gasteiger partial charge >= 0.3 is 6.18 Å². The Hall–Kier alpha value is -1.31. The van der Waals surface area contributed by atoms with Gasteiger partial charge in [-0.05, 0) is 41.3 Å². The van der Waals surface area contributed by atoms with Gasteiger partial charge in [0.25, 0.3) is 0 Å². The first-order valence-electron chi connectivity index (χ1n) is 6.62. The molecule has 0 radical (unpaired) electrons. The van der Waals surface area contributed by atoms with Crippen LogP contribution in [0.2, 0.25) is 0 Å². The highest BCUT2D eigenvalue weighted by Crippen LogP contribution is 2.35. The molecule has 1 N–H and O–H groups in total. The average Bonchev–Trinajstić information content (AvgIpc) is 2.45. The van der Waals surface area contributed by atoms with E-state index in [4.69, 9.17) is 0 Å². The molecule has 0 aliphatic carbocycles. The first-order valence-corrected chi connectivity index (χ1v) is 7.41. The third-order valence-electron chi connectivity index (χ3n) is 3.28. The molecule has 116 valence electrons. The largest absolute Gasteiger partial charge is 0.419 e. The lowest BCUT2D eigenvalue weighted by atomic mass is 10.1. The van der Waals surface area contributed by atoms with Crippen molar-refractivity contribution in [1.29, 1.82) is 0 Å². The van der Waals surface area contributed by atoms with Crippen LogP contribution in [0.3, 0.4) is 0 Å². The van der Waals surface area contributed by atoms with E-state index in [1.165, 1.54) is 6.20 Å². The van der Waals surface area contributed by atoms with Gasteiger partial charge in [0, 0.05) is 23.8 Å². The van der Waals surface area contributed by atoms with Gasteiger partial charge in [0.2, 0.25) is 5.91 Å². The van der Waals surface area contributed by atoms with Crippen LogP contribution < -0.4 is 5.32 Å².